The molecule has 1 N–H and O–H groups in total. The molecule has 0 aliphatic carbocycles. The molecule has 1 amide bonds. The average Bonchev–Trinajstić information content (AvgIpc) is 3.31. The van der Waals surface area contributed by atoms with E-state index in [-0.39, 0.29) is 11.8 Å². The summed E-state index contributed by atoms with van der Waals surface area (Å²) < 4.78 is 5.59. The van der Waals surface area contributed by atoms with Crippen molar-refractivity contribution < 1.29 is 9.32 Å². The Morgan fingerprint density at radius 2 is 2.16 bits per heavy atom. The van der Waals surface area contributed by atoms with E-state index in [0.717, 1.165) is 36.9 Å². The third kappa shape index (κ3) is 5.77. The number of hydrogen-bond donors (Lipinski definition) is 1. The van der Waals surface area contributed by atoms with Crippen molar-refractivity contribution in [1.29, 1.82) is 5.26 Å². The van der Waals surface area contributed by atoms with Crippen LogP contribution >= 0.6 is 0 Å². The number of carbonyl (C=O) groups excluding carboxylic acids is 1. The lowest BCUT2D eigenvalue weighted by atomic mass is 9.99. The quantitative estimate of drug-likeness (QED) is 0.677. The number of nitrogens with one attached hydrogen (secondary N) is 1. The number of hydrogen-bond acceptors (Lipinski definition) is 7. The van der Waals surface area contributed by atoms with Crippen molar-refractivity contribution in [3.63, 3.8) is 0 Å². The first-order valence-electron chi connectivity index (χ1n) is 10.9. The summed E-state index contributed by atoms with van der Waals surface area (Å²) in [5.41, 5.74) is 2.55. The second-order valence-electron chi connectivity index (χ2n) is 8.01. The third-order valence-electron chi connectivity index (χ3n) is 5.67. The third-order valence-corrected chi connectivity index (χ3v) is 5.67. The zero-order valence-corrected chi connectivity index (χ0v) is 17.9. The first-order valence-corrected chi connectivity index (χ1v) is 10.9. The summed E-state index contributed by atoms with van der Waals surface area (Å²) in [6.07, 6.45) is 6.46. The van der Waals surface area contributed by atoms with Gasteiger partial charge in [-0.3, -0.25) is 14.7 Å². The van der Waals surface area contributed by atoms with Crippen molar-refractivity contribution >= 4 is 5.91 Å². The minimum atomic E-state index is 0.0444. The Labute approximate surface area is 187 Å². The van der Waals surface area contributed by atoms with Crippen LogP contribution in [0.3, 0.4) is 0 Å². The molecule has 1 aromatic carbocycles. The van der Waals surface area contributed by atoms with E-state index in [1.54, 1.807) is 18.5 Å². The monoisotopic (exact) mass is 430 g/mol. The largest absolute Gasteiger partial charge is 0.356 e. The molecule has 0 bridgehead atoms. The van der Waals surface area contributed by atoms with E-state index in [0.29, 0.717) is 43.3 Å². The number of carbonyl (C=O) groups is 1. The summed E-state index contributed by atoms with van der Waals surface area (Å²) in [5.74, 6) is 1.26. The Hall–Kier alpha value is -3.57. The highest BCUT2D eigenvalue weighted by Crippen LogP contribution is 2.26. The van der Waals surface area contributed by atoms with Gasteiger partial charge in [-0.25, -0.2) is 0 Å². The average molecular weight is 431 g/mol. The minimum absolute atomic E-state index is 0.0444. The molecule has 32 heavy (non-hydrogen) atoms. The number of aromatic nitrogens is 3. The fourth-order valence-corrected chi connectivity index (χ4v) is 3.97. The van der Waals surface area contributed by atoms with Gasteiger partial charge >= 0.3 is 0 Å². The van der Waals surface area contributed by atoms with Crippen LogP contribution in [0.5, 0.6) is 0 Å². The lowest BCUT2D eigenvalue weighted by Crippen LogP contribution is -2.31. The Kier molecular flexibility index (Phi) is 7.20. The second kappa shape index (κ2) is 10.6. The molecule has 1 fully saturated rings. The number of nitrogens with zero attached hydrogens (tertiary/aromatic N) is 5. The van der Waals surface area contributed by atoms with Gasteiger partial charge in [0, 0.05) is 49.9 Å². The summed E-state index contributed by atoms with van der Waals surface area (Å²) in [7, 11) is 0. The second-order valence-corrected chi connectivity index (χ2v) is 8.01. The van der Waals surface area contributed by atoms with Gasteiger partial charge in [0.25, 0.3) is 0 Å². The van der Waals surface area contributed by atoms with Crippen molar-refractivity contribution in [3.05, 3.63) is 65.8 Å². The molecule has 1 saturated heterocycles. The SMILES string of the molecule is N#Cc1cccc(CN2CCCC(c3nc(-c4cccnc4)no3)CCNC(=O)CC2)c1. The lowest BCUT2D eigenvalue weighted by molar-refractivity contribution is -0.121. The van der Waals surface area contributed by atoms with Crippen LogP contribution in [0.15, 0.2) is 53.3 Å². The molecule has 164 valence electrons. The lowest BCUT2D eigenvalue weighted by Gasteiger charge is -2.22. The molecular formula is C24H26N6O2. The molecule has 0 radical (unpaired) electrons. The number of pyridine rings is 1. The van der Waals surface area contributed by atoms with Gasteiger partial charge in [0.1, 0.15) is 0 Å². The molecule has 1 aliphatic heterocycles. The van der Waals surface area contributed by atoms with Crippen LogP contribution < -0.4 is 5.32 Å². The normalized spacial score (nSPS) is 18.3. The van der Waals surface area contributed by atoms with Gasteiger partial charge in [-0.1, -0.05) is 17.3 Å². The maximum atomic E-state index is 12.3. The van der Waals surface area contributed by atoms with Crippen LogP contribution in [0.4, 0.5) is 0 Å². The molecule has 0 spiro atoms. The van der Waals surface area contributed by atoms with E-state index in [2.05, 4.69) is 31.4 Å². The molecule has 1 atom stereocenters. The van der Waals surface area contributed by atoms with Gasteiger partial charge in [0.2, 0.25) is 17.6 Å². The zero-order valence-electron chi connectivity index (χ0n) is 17.9. The predicted octanol–water partition coefficient (Wildman–Crippen LogP) is 3.28. The van der Waals surface area contributed by atoms with Gasteiger partial charge in [-0.2, -0.15) is 10.2 Å². The van der Waals surface area contributed by atoms with E-state index in [4.69, 9.17) is 9.78 Å². The summed E-state index contributed by atoms with van der Waals surface area (Å²) >= 11 is 0. The van der Waals surface area contributed by atoms with Crippen LogP contribution in [0.2, 0.25) is 0 Å². The van der Waals surface area contributed by atoms with Gasteiger partial charge in [-0.05, 0) is 55.6 Å². The summed E-state index contributed by atoms with van der Waals surface area (Å²) in [5, 5.41) is 16.3. The smallest absolute Gasteiger partial charge is 0.230 e. The fourth-order valence-electron chi connectivity index (χ4n) is 3.97. The van der Waals surface area contributed by atoms with E-state index >= 15 is 0 Å². The first-order chi connectivity index (χ1) is 15.7. The predicted molar refractivity (Wildman–Crippen MR) is 118 cm³/mol. The van der Waals surface area contributed by atoms with Crippen LogP contribution in [-0.2, 0) is 11.3 Å². The minimum Gasteiger partial charge on any atom is -0.356 e. The highest BCUT2D eigenvalue weighted by Gasteiger charge is 2.21. The molecule has 3 aromatic rings. The topological polar surface area (TPSA) is 108 Å². The summed E-state index contributed by atoms with van der Waals surface area (Å²) in [6, 6.07) is 13.6. The van der Waals surface area contributed by atoms with Gasteiger partial charge < -0.3 is 9.84 Å². The zero-order chi connectivity index (χ0) is 22.2. The van der Waals surface area contributed by atoms with E-state index in [1.807, 2.05) is 30.3 Å². The molecular weight excluding hydrogens is 404 g/mol. The van der Waals surface area contributed by atoms with Gasteiger partial charge in [0.15, 0.2) is 0 Å². The Morgan fingerprint density at radius 1 is 1.22 bits per heavy atom. The number of amides is 1. The van der Waals surface area contributed by atoms with Crippen LogP contribution in [0, 0.1) is 11.3 Å². The van der Waals surface area contributed by atoms with Crippen molar-refractivity contribution in [2.24, 2.45) is 0 Å². The summed E-state index contributed by atoms with van der Waals surface area (Å²) in [6.45, 7) is 2.82. The molecule has 3 heterocycles. The van der Waals surface area contributed by atoms with Crippen molar-refractivity contribution in [2.75, 3.05) is 19.6 Å². The molecule has 8 nitrogen and oxygen atoms in total. The molecule has 4 rings (SSSR count). The van der Waals surface area contributed by atoms with Crippen molar-refractivity contribution in [2.45, 2.75) is 38.1 Å². The number of benzene rings is 1. The van der Waals surface area contributed by atoms with E-state index < -0.39 is 0 Å². The standard InChI is InChI=1S/C24H26N6O2/c25-15-18-4-1-5-19(14-18)17-30-12-3-7-20(8-11-27-22(31)9-13-30)24-28-23(29-32-24)21-6-2-10-26-16-21/h1-2,4-6,10,14,16,20H,3,7-9,11-13,17H2,(H,27,31). The maximum Gasteiger partial charge on any atom is 0.230 e. The van der Waals surface area contributed by atoms with E-state index in [1.165, 1.54) is 0 Å². The first kappa shape index (κ1) is 21.7. The van der Waals surface area contributed by atoms with Crippen LogP contribution in [0.1, 0.15) is 48.6 Å². The number of nitriles is 1. The Balaban J connectivity index is 1.44. The molecule has 1 aliphatic rings. The molecule has 0 saturated carbocycles. The Bertz CT molecular complexity index is 1080. The highest BCUT2D eigenvalue weighted by atomic mass is 16.5. The summed E-state index contributed by atoms with van der Waals surface area (Å²) in [4.78, 5) is 23.3. The highest BCUT2D eigenvalue weighted by molar-refractivity contribution is 5.76. The van der Waals surface area contributed by atoms with Gasteiger partial charge in [0.05, 0.1) is 11.6 Å². The fraction of sp³-hybridized carbons (Fsp3) is 0.375. The Morgan fingerprint density at radius 3 is 3.00 bits per heavy atom. The van der Waals surface area contributed by atoms with Crippen LogP contribution in [0.25, 0.3) is 11.4 Å². The van der Waals surface area contributed by atoms with Gasteiger partial charge in [-0.15, -0.1) is 0 Å². The maximum absolute atomic E-state index is 12.3. The van der Waals surface area contributed by atoms with Crippen LogP contribution in [-0.4, -0.2) is 45.6 Å². The molecule has 8 heteroatoms. The molecule has 1 unspecified atom stereocenters. The van der Waals surface area contributed by atoms with Crippen molar-refractivity contribution in [3.8, 4) is 17.5 Å². The van der Waals surface area contributed by atoms with E-state index in [9.17, 15) is 4.79 Å². The van der Waals surface area contributed by atoms with Crippen molar-refractivity contribution in [1.82, 2.24) is 25.3 Å². The molecule has 2 aromatic heterocycles. The number of rotatable bonds is 4.